The summed E-state index contributed by atoms with van der Waals surface area (Å²) in [4.78, 5) is 23.4. The van der Waals surface area contributed by atoms with Gasteiger partial charge in [0.05, 0.1) is 0 Å². The standard InChI is InChI=1S/C14H18N2O2/c1-3-15-13(17)10-5-4-6-11(8-10)16-14(18)12-7-9(12)2/h4-6,8-9,12H,3,7H2,1-2H3,(H,15,17)(H,16,18)/t9-,12-/m1/s1. The molecule has 4 heteroatoms. The normalized spacial score (nSPS) is 21.2. The Hall–Kier alpha value is -1.84. The molecule has 0 heterocycles. The lowest BCUT2D eigenvalue weighted by atomic mass is 10.2. The molecule has 0 aromatic heterocycles. The van der Waals surface area contributed by atoms with Gasteiger partial charge in [0.25, 0.3) is 5.91 Å². The second-order valence-electron chi connectivity index (χ2n) is 4.75. The number of carbonyl (C=O) groups is 2. The maximum Gasteiger partial charge on any atom is 0.251 e. The summed E-state index contributed by atoms with van der Waals surface area (Å²) in [6.07, 6.45) is 0.960. The summed E-state index contributed by atoms with van der Waals surface area (Å²) in [5.74, 6) is 0.554. The average molecular weight is 246 g/mol. The summed E-state index contributed by atoms with van der Waals surface area (Å²) in [5, 5.41) is 5.59. The van der Waals surface area contributed by atoms with Crippen LogP contribution in [0.2, 0.25) is 0 Å². The van der Waals surface area contributed by atoms with Crippen molar-refractivity contribution in [3.63, 3.8) is 0 Å². The van der Waals surface area contributed by atoms with E-state index in [2.05, 4.69) is 17.6 Å². The molecule has 4 nitrogen and oxygen atoms in total. The molecule has 1 fully saturated rings. The van der Waals surface area contributed by atoms with Crippen LogP contribution in [-0.4, -0.2) is 18.4 Å². The zero-order valence-electron chi connectivity index (χ0n) is 10.7. The number of hydrogen-bond acceptors (Lipinski definition) is 2. The Morgan fingerprint density at radius 3 is 2.72 bits per heavy atom. The number of nitrogens with one attached hydrogen (secondary N) is 2. The highest BCUT2D eigenvalue weighted by molar-refractivity contribution is 5.98. The van der Waals surface area contributed by atoms with Crippen molar-refractivity contribution < 1.29 is 9.59 Å². The Balaban J connectivity index is 2.03. The monoisotopic (exact) mass is 246 g/mol. The van der Waals surface area contributed by atoms with E-state index in [0.717, 1.165) is 6.42 Å². The quantitative estimate of drug-likeness (QED) is 0.854. The summed E-state index contributed by atoms with van der Waals surface area (Å²) >= 11 is 0. The molecule has 0 unspecified atom stereocenters. The van der Waals surface area contributed by atoms with Crippen LogP contribution in [0.3, 0.4) is 0 Å². The van der Waals surface area contributed by atoms with Gasteiger partial charge >= 0.3 is 0 Å². The first-order chi connectivity index (χ1) is 8.61. The highest BCUT2D eigenvalue weighted by atomic mass is 16.2. The Bertz CT molecular complexity index is 471. The van der Waals surface area contributed by atoms with E-state index in [1.807, 2.05) is 6.92 Å². The molecule has 1 aliphatic rings. The second kappa shape index (κ2) is 5.21. The van der Waals surface area contributed by atoms with E-state index < -0.39 is 0 Å². The minimum Gasteiger partial charge on any atom is -0.352 e. The van der Waals surface area contributed by atoms with E-state index in [1.54, 1.807) is 24.3 Å². The van der Waals surface area contributed by atoms with Crippen LogP contribution < -0.4 is 10.6 Å². The predicted octanol–water partition coefficient (Wildman–Crippen LogP) is 2.03. The Labute approximate surface area is 107 Å². The third-order valence-corrected chi connectivity index (χ3v) is 3.18. The van der Waals surface area contributed by atoms with E-state index in [9.17, 15) is 9.59 Å². The minimum atomic E-state index is -0.117. The average Bonchev–Trinajstić information content (AvgIpc) is 3.07. The first kappa shape index (κ1) is 12.6. The summed E-state index contributed by atoms with van der Waals surface area (Å²) in [5.41, 5.74) is 1.25. The van der Waals surface area contributed by atoms with Gasteiger partial charge in [0, 0.05) is 23.7 Å². The maximum atomic E-state index is 11.8. The van der Waals surface area contributed by atoms with Crippen LogP contribution in [0.15, 0.2) is 24.3 Å². The van der Waals surface area contributed by atoms with Gasteiger partial charge in [0.15, 0.2) is 0 Å². The van der Waals surface area contributed by atoms with Gasteiger partial charge in [0.1, 0.15) is 0 Å². The van der Waals surface area contributed by atoms with Crippen molar-refractivity contribution in [2.45, 2.75) is 20.3 Å². The maximum absolute atomic E-state index is 11.8. The number of hydrogen-bond donors (Lipinski definition) is 2. The fourth-order valence-corrected chi connectivity index (χ4v) is 1.92. The highest BCUT2D eigenvalue weighted by Gasteiger charge is 2.39. The van der Waals surface area contributed by atoms with Crippen LogP contribution >= 0.6 is 0 Å². The molecule has 1 aromatic rings. The third-order valence-electron chi connectivity index (χ3n) is 3.18. The zero-order valence-corrected chi connectivity index (χ0v) is 10.7. The zero-order chi connectivity index (χ0) is 13.1. The smallest absolute Gasteiger partial charge is 0.251 e. The van der Waals surface area contributed by atoms with Gasteiger partial charge < -0.3 is 10.6 Å². The molecule has 1 aromatic carbocycles. The van der Waals surface area contributed by atoms with Gasteiger partial charge in [-0.1, -0.05) is 13.0 Å². The van der Waals surface area contributed by atoms with E-state index in [1.165, 1.54) is 0 Å². The van der Waals surface area contributed by atoms with Crippen LogP contribution in [0.5, 0.6) is 0 Å². The molecular formula is C14H18N2O2. The van der Waals surface area contributed by atoms with Crippen LogP contribution in [0.1, 0.15) is 30.6 Å². The first-order valence-electron chi connectivity index (χ1n) is 6.31. The van der Waals surface area contributed by atoms with Crippen molar-refractivity contribution in [3.8, 4) is 0 Å². The highest BCUT2D eigenvalue weighted by Crippen LogP contribution is 2.38. The summed E-state index contributed by atoms with van der Waals surface area (Å²) in [7, 11) is 0. The molecule has 96 valence electrons. The molecule has 2 amide bonds. The van der Waals surface area contributed by atoms with Crippen LogP contribution in [0, 0.1) is 11.8 Å². The number of carbonyl (C=O) groups excluding carboxylic acids is 2. The molecule has 2 N–H and O–H groups in total. The molecule has 0 bridgehead atoms. The van der Waals surface area contributed by atoms with Gasteiger partial charge in [-0.3, -0.25) is 9.59 Å². The molecule has 2 rings (SSSR count). The molecule has 1 aliphatic carbocycles. The first-order valence-corrected chi connectivity index (χ1v) is 6.31. The Kier molecular flexibility index (Phi) is 3.65. The number of benzene rings is 1. The minimum absolute atomic E-state index is 0.0514. The van der Waals surface area contributed by atoms with Crippen molar-refractivity contribution >= 4 is 17.5 Å². The topological polar surface area (TPSA) is 58.2 Å². The summed E-state index contributed by atoms with van der Waals surface area (Å²) in [6, 6.07) is 7.01. The fourth-order valence-electron chi connectivity index (χ4n) is 1.92. The lowest BCUT2D eigenvalue weighted by Crippen LogP contribution is -2.23. The van der Waals surface area contributed by atoms with Crippen molar-refractivity contribution in [1.82, 2.24) is 5.32 Å². The lowest BCUT2D eigenvalue weighted by molar-refractivity contribution is -0.117. The van der Waals surface area contributed by atoms with Crippen LogP contribution in [0.4, 0.5) is 5.69 Å². The van der Waals surface area contributed by atoms with Crippen LogP contribution in [-0.2, 0) is 4.79 Å². The Morgan fingerprint density at radius 2 is 2.11 bits per heavy atom. The molecule has 0 saturated heterocycles. The summed E-state index contributed by atoms with van der Waals surface area (Å²) in [6.45, 7) is 4.53. The van der Waals surface area contributed by atoms with Crippen LogP contribution in [0.25, 0.3) is 0 Å². The van der Waals surface area contributed by atoms with Crippen molar-refractivity contribution in [1.29, 1.82) is 0 Å². The lowest BCUT2D eigenvalue weighted by Gasteiger charge is -2.07. The van der Waals surface area contributed by atoms with Crippen molar-refractivity contribution in [2.24, 2.45) is 11.8 Å². The van der Waals surface area contributed by atoms with Gasteiger partial charge in [-0.25, -0.2) is 0 Å². The van der Waals surface area contributed by atoms with E-state index in [0.29, 0.717) is 23.7 Å². The molecular weight excluding hydrogens is 228 g/mol. The third kappa shape index (κ3) is 2.88. The van der Waals surface area contributed by atoms with Gasteiger partial charge in [-0.15, -0.1) is 0 Å². The van der Waals surface area contributed by atoms with Crippen molar-refractivity contribution in [2.75, 3.05) is 11.9 Å². The predicted molar refractivity (Wildman–Crippen MR) is 70.3 cm³/mol. The Morgan fingerprint density at radius 1 is 1.39 bits per heavy atom. The molecule has 18 heavy (non-hydrogen) atoms. The molecule has 1 saturated carbocycles. The molecule has 0 aliphatic heterocycles. The summed E-state index contributed by atoms with van der Waals surface area (Å²) < 4.78 is 0. The number of amides is 2. The fraction of sp³-hybridized carbons (Fsp3) is 0.429. The largest absolute Gasteiger partial charge is 0.352 e. The van der Waals surface area contributed by atoms with E-state index >= 15 is 0 Å². The van der Waals surface area contributed by atoms with E-state index in [-0.39, 0.29) is 17.7 Å². The molecule has 0 radical (unpaired) electrons. The molecule has 2 atom stereocenters. The van der Waals surface area contributed by atoms with Gasteiger partial charge in [0.2, 0.25) is 5.91 Å². The second-order valence-corrected chi connectivity index (χ2v) is 4.75. The number of anilines is 1. The SMILES string of the molecule is CCNC(=O)c1cccc(NC(=O)[C@@H]2C[C@H]2C)c1. The van der Waals surface area contributed by atoms with E-state index in [4.69, 9.17) is 0 Å². The van der Waals surface area contributed by atoms with Gasteiger partial charge in [-0.2, -0.15) is 0 Å². The molecule has 0 spiro atoms. The van der Waals surface area contributed by atoms with Gasteiger partial charge in [-0.05, 0) is 37.5 Å². The van der Waals surface area contributed by atoms with Crippen molar-refractivity contribution in [3.05, 3.63) is 29.8 Å². The number of rotatable bonds is 4.